The van der Waals surface area contributed by atoms with Gasteiger partial charge in [-0.2, -0.15) is 0 Å². The Bertz CT molecular complexity index is 117. The van der Waals surface area contributed by atoms with Gasteiger partial charge in [-0.25, -0.2) is 4.39 Å². The van der Waals surface area contributed by atoms with Gasteiger partial charge in [-0.1, -0.05) is 58.3 Å². The molecular weight excluding hydrogens is 189 g/mol. The average molecular weight is 217 g/mol. The lowest BCUT2D eigenvalue weighted by atomic mass is 10.1. The van der Waals surface area contributed by atoms with E-state index in [1.165, 1.54) is 44.9 Å². The number of nitrogens with two attached hydrogens (primary N) is 1. The standard InChI is InChI=1S/C13H28FN/c1-2-3-4-5-6-7-8-9-10-13(14)11-12-15/h13H,2-12,15H2,1H3/t13-/m1/s1. The van der Waals surface area contributed by atoms with E-state index in [2.05, 4.69) is 6.92 Å². The molecule has 0 unspecified atom stereocenters. The maximum atomic E-state index is 13.0. The molecule has 0 aliphatic carbocycles. The van der Waals surface area contributed by atoms with Crippen LogP contribution >= 0.6 is 0 Å². The second kappa shape index (κ2) is 12.0. The maximum absolute atomic E-state index is 13.0. The number of unbranched alkanes of at least 4 members (excludes halogenated alkanes) is 7. The number of rotatable bonds is 11. The van der Waals surface area contributed by atoms with Crippen molar-refractivity contribution in [1.82, 2.24) is 0 Å². The lowest BCUT2D eigenvalue weighted by molar-refractivity contribution is 0.290. The van der Waals surface area contributed by atoms with E-state index in [9.17, 15) is 4.39 Å². The molecule has 0 radical (unpaired) electrons. The Morgan fingerprint density at radius 1 is 0.867 bits per heavy atom. The molecule has 2 N–H and O–H groups in total. The normalized spacial score (nSPS) is 13.0. The van der Waals surface area contributed by atoms with Gasteiger partial charge in [0.25, 0.3) is 0 Å². The van der Waals surface area contributed by atoms with Crippen molar-refractivity contribution in [1.29, 1.82) is 0 Å². The molecule has 0 saturated heterocycles. The van der Waals surface area contributed by atoms with E-state index in [1.807, 2.05) is 0 Å². The lowest BCUT2D eigenvalue weighted by Gasteiger charge is -2.06. The molecular formula is C13H28FN. The first-order valence-corrected chi connectivity index (χ1v) is 6.65. The highest BCUT2D eigenvalue weighted by Crippen LogP contribution is 2.12. The molecule has 0 aliphatic rings. The van der Waals surface area contributed by atoms with Gasteiger partial charge in [0.15, 0.2) is 0 Å². The third-order valence-corrected chi connectivity index (χ3v) is 2.85. The zero-order chi connectivity index (χ0) is 11.4. The van der Waals surface area contributed by atoms with Crippen LogP contribution in [0.2, 0.25) is 0 Å². The highest BCUT2D eigenvalue weighted by Gasteiger charge is 2.03. The predicted octanol–water partition coefficient (Wildman–Crippen LogP) is 4.20. The zero-order valence-corrected chi connectivity index (χ0v) is 10.3. The van der Waals surface area contributed by atoms with Crippen LogP contribution in [0.4, 0.5) is 4.39 Å². The minimum atomic E-state index is -0.657. The number of halogens is 1. The van der Waals surface area contributed by atoms with E-state index in [4.69, 9.17) is 5.73 Å². The van der Waals surface area contributed by atoms with Crippen LogP contribution in [-0.4, -0.2) is 12.7 Å². The fraction of sp³-hybridized carbons (Fsp3) is 1.00. The Balaban J connectivity index is 2.98. The summed E-state index contributed by atoms with van der Waals surface area (Å²) in [6.45, 7) is 2.72. The number of hydrogen-bond donors (Lipinski definition) is 1. The first-order valence-electron chi connectivity index (χ1n) is 6.65. The van der Waals surface area contributed by atoms with Crippen LogP contribution in [0.25, 0.3) is 0 Å². The second-order valence-electron chi connectivity index (χ2n) is 4.44. The van der Waals surface area contributed by atoms with Crippen LogP contribution in [0.3, 0.4) is 0 Å². The van der Waals surface area contributed by atoms with E-state index in [-0.39, 0.29) is 0 Å². The molecule has 2 heteroatoms. The smallest absolute Gasteiger partial charge is 0.101 e. The van der Waals surface area contributed by atoms with Crippen LogP contribution in [0.5, 0.6) is 0 Å². The van der Waals surface area contributed by atoms with Crippen LogP contribution in [0.1, 0.15) is 71.1 Å². The summed E-state index contributed by atoms with van der Waals surface area (Å²) in [5.41, 5.74) is 5.29. The minimum Gasteiger partial charge on any atom is -0.330 e. The van der Waals surface area contributed by atoms with Crippen molar-refractivity contribution in [3.05, 3.63) is 0 Å². The molecule has 15 heavy (non-hydrogen) atoms. The third kappa shape index (κ3) is 11.8. The quantitative estimate of drug-likeness (QED) is 0.516. The van der Waals surface area contributed by atoms with Crippen molar-refractivity contribution in [3.63, 3.8) is 0 Å². The summed E-state index contributed by atoms with van der Waals surface area (Å²) in [6, 6.07) is 0. The van der Waals surface area contributed by atoms with Crippen molar-refractivity contribution >= 4 is 0 Å². The zero-order valence-electron chi connectivity index (χ0n) is 10.3. The van der Waals surface area contributed by atoms with Gasteiger partial charge >= 0.3 is 0 Å². The maximum Gasteiger partial charge on any atom is 0.101 e. The second-order valence-corrected chi connectivity index (χ2v) is 4.44. The summed E-state index contributed by atoms with van der Waals surface area (Å²) < 4.78 is 13.0. The molecule has 0 aromatic heterocycles. The molecule has 1 atom stereocenters. The van der Waals surface area contributed by atoms with Crippen LogP contribution in [0.15, 0.2) is 0 Å². The summed E-state index contributed by atoms with van der Waals surface area (Å²) in [4.78, 5) is 0. The molecule has 1 nitrogen and oxygen atoms in total. The average Bonchev–Trinajstić information content (AvgIpc) is 2.22. The molecule has 0 bridgehead atoms. The monoisotopic (exact) mass is 217 g/mol. The summed E-state index contributed by atoms with van der Waals surface area (Å²) in [6.07, 6.45) is 10.8. The molecule has 0 aromatic carbocycles. The SMILES string of the molecule is CCCCCCCCCC[C@@H](F)CCN. The first-order chi connectivity index (χ1) is 7.31. The lowest BCUT2D eigenvalue weighted by Crippen LogP contribution is -2.08. The molecule has 0 spiro atoms. The summed E-state index contributed by atoms with van der Waals surface area (Å²) in [5.74, 6) is 0. The van der Waals surface area contributed by atoms with Crippen LogP contribution in [0, 0.1) is 0 Å². The molecule has 0 amide bonds. The summed E-state index contributed by atoms with van der Waals surface area (Å²) >= 11 is 0. The third-order valence-electron chi connectivity index (χ3n) is 2.85. The van der Waals surface area contributed by atoms with E-state index in [0.717, 1.165) is 6.42 Å². The van der Waals surface area contributed by atoms with Crippen molar-refractivity contribution < 1.29 is 4.39 Å². The van der Waals surface area contributed by atoms with Gasteiger partial charge in [0.05, 0.1) is 0 Å². The number of hydrogen-bond acceptors (Lipinski definition) is 1. The van der Waals surface area contributed by atoms with Gasteiger partial charge in [-0.3, -0.25) is 0 Å². The van der Waals surface area contributed by atoms with E-state index in [1.54, 1.807) is 0 Å². The van der Waals surface area contributed by atoms with E-state index >= 15 is 0 Å². The largest absolute Gasteiger partial charge is 0.330 e. The van der Waals surface area contributed by atoms with E-state index < -0.39 is 6.17 Å². The molecule has 0 fully saturated rings. The topological polar surface area (TPSA) is 26.0 Å². The van der Waals surface area contributed by atoms with Crippen LogP contribution in [-0.2, 0) is 0 Å². The summed E-state index contributed by atoms with van der Waals surface area (Å²) in [7, 11) is 0. The molecule has 92 valence electrons. The fourth-order valence-electron chi connectivity index (χ4n) is 1.82. The molecule has 0 aliphatic heterocycles. The van der Waals surface area contributed by atoms with Gasteiger partial charge in [-0.15, -0.1) is 0 Å². The van der Waals surface area contributed by atoms with Gasteiger partial charge in [0, 0.05) is 0 Å². The van der Waals surface area contributed by atoms with Crippen molar-refractivity contribution in [3.8, 4) is 0 Å². The minimum absolute atomic E-state index is 0.484. The predicted molar refractivity (Wildman–Crippen MR) is 65.8 cm³/mol. The van der Waals surface area contributed by atoms with Gasteiger partial charge < -0.3 is 5.73 Å². The molecule has 0 rings (SSSR count). The molecule has 0 aromatic rings. The van der Waals surface area contributed by atoms with Gasteiger partial charge in [-0.05, 0) is 19.4 Å². The Kier molecular flexibility index (Phi) is 11.9. The van der Waals surface area contributed by atoms with Crippen molar-refractivity contribution in [2.24, 2.45) is 5.73 Å². The Hall–Kier alpha value is -0.110. The summed E-state index contributed by atoms with van der Waals surface area (Å²) in [5, 5.41) is 0. The highest BCUT2D eigenvalue weighted by atomic mass is 19.1. The Morgan fingerprint density at radius 3 is 1.93 bits per heavy atom. The van der Waals surface area contributed by atoms with Gasteiger partial charge in [0.1, 0.15) is 6.17 Å². The van der Waals surface area contributed by atoms with Gasteiger partial charge in [0.2, 0.25) is 0 Å². The fourth-order valence-corrected chi connectivity index (χ4v) is 1.82. The van der Waals surface area contributed by atoms with Crippen LogP contribution < -0.4 is 5.73 Å². The Morgan fingerprint density at radius 2 is 1.40 bits per heavy atom. The van der Waals surface area contributed by atoms with Crippen molar-refractivity contribution in [2.75, 3.05) is 6.54 Å². The molecule has 0 heterocycles. The van der Waals surface area contributed by atoms with E-state index in [0.29, 0.717) is 19.4 Å². The van der Waals surface area contributed by atoms with Crippen molar-refractivity contribution in [2.45, 2.75) is 77.3 Å². The Labute approximate surface area is 94.6 Å². The number of alkyl halides is 1. The molecule has 0 saturated carbocycles. The highest BCUT2D eigenvalue weighted by molar-refractivity contribution is 4.57. The first kappa shape index (κ1) is 14.9.